The Morgan fingerprint density at radius 2 is 2.00 bits per heavy atom. The van der Waals surface area contributed by atoms with Gasteiger partial charge in [0.25, 0.3) is 0 Å². The van der Waals surface area contributed by atoms with E-state index in [1.807, 2.05) is 0 Å². The van der Waals surface area contributed by atoms with E-state index in [2.05, 4.69) is 11.6 Å². The van der Waals surface area contributed by atoms with Crippen molar-refractivity contribution in [2.45, 2.75) is 50.0 Å². The summed E-state index contributed by atoms with van der Waals surface area (Å²) in [4.78, 5) is 0.189. The fourth-order valence-electron chi connectivity index (χ4n) is 2.87. The van der Waals surface area contributed by atoms with Crippen molar-refractivity contribution in [3.05, 3.63) is 23.8 Å². The highest BCUT2D eigenvalue weighted by molar-refractivity contribution is 7.89. The number of hydrogen-bond donors (Lipinski definition) is 3. The number of rotatable bonds is 4. The van der Waals surface area contributed by atoms with Crippen LogP contribution in [-0.2, 0) is 10.0 Å². The normalized spacial score (nSPS) is 26.7. The maximum Gasteiger partial charge on any atom is 0.241 e. The third-order valence-corrected chi connectivity index (χ3v) is 6.22. The van der Waals surface area contributed by atoms with Crippen molar-refractivity contribution >= 4 is 15.7 Å². The Morgan fingerprint density at radius 1 is 1.38 bits per heavy atom. The Labute approximate surface area is 126 Å². The number of nitrogen functional groups attached to an aromatic ring is 1. The van der Waals surface area contributed by atoms with Crippen LogP contribution in [0.5, 0.6) is 0 Å². The van der Waals surface area contributed by atoms with E-state index in [-0.39, 0.29) is 11.5 Å². The van der Waals surface area contributed by atoms with Gasteiger partial charge in [0.2, 0.25) is 10.0 Å². The van der Waals surface area contributed by atoms with Crippen LogP contribution in [0.2, 0.25) is 0 Å². The molecular weight excluding hydrogens is 288 g/mol. The van der Waals surface area contributed by atoms with E-state index in [4.69, 9.17) is 5.73 Å². The fourth-order valence-corrected chi connectivity index (χ4v) is 4.60. The minimum Gasteiger partial charge on any atom is -0.398 e. The molecule has 0 unspecified atom stereocenters. The molecule has 4 N–H and O–H groups in total. The Bertz CT molecular complexity index is 605. The lowest BCUT2D eigenvalue weighted by Gasteiger charge is -2.38. The number of aliphatic hydroxyl groups is 1. The number of sulfonamides is 1. The quantitative estimate of drug-likeness (QED) is 0.739. The molecule has 1 aromatic rings. The van der Waals surface area contributed by atoms with Crippen LogP contribution >= 0.6 is 0 Å². The van der Waals surface area contributed by atoms with Gasteiger partial charge in [0.1, 0.15) is 0 Å². The van der Waals surface area contributed by atoms with Crippen LogP contribution in [0.1, 0.15) is 38.2 Å². The summed E-state index contributed by atoms with van der Waals surface area (Å²) in [5, 5.41) is 9.71. The molecule has 118 valence electrons. The molecule has 1 saturated carbocycles. The predicted molar refractivity (Wildman–Crippen MR) is 83.4 cm³/mol. The molecule has 0 aliphatic heterocycles. The van der Waals surface area contributed by atoms with Crippen molar-refractivity contribution in [1.29, 1.82) is 0 Å². The molecule has 0 heterocycles. The van der Waals surface area contributed by atoms with E-state index in [1.54, 1.807) is 25.1 Å². The van der Waals surface area contributed by atoms with Crippen LogP contribution in [0.4, 0.5) is 5.69 Å². The second-order valence-electron chi connectivity index (χ2n) is 6.20. The molecule has 0 saturated heterocycles. The lowest BCUT2D eigenvalue weighted by molar-refractivity contribution is 0.125. The van der Waals surface area contributed by atoms with Crippen LogP contribution in [0.15, 0.2) is 23.1 Å². The van der Waals surface area contributed by atoms with Gasteiger partial charge in [-0.15, -0.1) is 0 Å². The number of hydrogen-bond acceptors (Lipinski definition) is 4. The van der Waals surface area contributed by atoms with Crippen LogP contribution in [0, 0.1) is 12.8 Å². The highest BCUT2D eigenvalue weighted by Gasteiger charge is 2.38. The first-order valence-corrected chi connectivity index (χ1v) is 8.78. The van der Waals surface area contributed by atoms with Gasteiger partial charge in [-0.25, -0.2) is 13.1 Å². The molecule has 0 radical (unpaired) electrons. The summed E-state index contributed by atoms with van der Waals surface area (Å²) in [5.74, 6) is 0.572. The molecule has 1 aromatic carbocycles. The fraction of sp³-hybridized carbons (Fsp3) is 0.600. The van der Waals surface area contributed by atoms with Gasteiger partial charge in [0, 0.05) is 5.69 Å². The molecule has 5 nitrogen and oxygen atoms in total. The monoisotopic (exact) mass is 312 g/mol. The predicted octanol–water partition coefficient (Wildman–Crippen LogP) is 1.80. The summed E-state index contributed by atoms with van der Waals surface area (Å²) < 4.78 is 28.0. The first-order chi connectivity index (χ1) is 9.80. The zero-order valence-electron chi connectivity index (χ0n) is 12.6. The van der Waals surface area contributed by atoms with Gasteiger partial charge < -0.3 is 10.8 Å². The van der Waals surface area contributed by atoms with Crippen molar-refractivity contribution in [3.63, 3.8) is 0 Å². The van der Waals surface area contributed by atoms with Crippen LogP contribution in [-0.4, -0.2) is 25.7 Å². The summed E-state index contributed by atoms with van der Waals surface area (Å²) in [5.41, 5.74) is 6.04. The Morgan fingerprint density at radius 3 is 2.57 bits per heavy atom. The maximum absolute atomic E-state index is 12.6. The van der Waals surface area contributed by atoms with E-state index < -0.39 is 15.6 Å². The van der Waals surface area contributed by atoms with Gasteiger partial charge in [-0.2, -0.15) is 0 Å². The molecule has 6 heteroatoms. The third kappa shape index (κ3) is 3.39. The number of benzene rings is 1. The van der Waals surface area contributed by atoms with Crippen molar-refractivity contribution < 1.29 is 13.5 Å². The Kier molecular flexibility index (Phi) is 4.60. The number of aliphatic hydroxyl groups excluding tert-OH is 1. The van der Waals surface area contributed by atoms with E-state index in [9.17, 15) is 13.5 Å². The number of nitrogens with one attached hydrogen (secondary N) is 1. The zero-order chi connectivity index (χ0) is 15.7. The van der Waals surface area contributed by atoms with Crippen LogP contribution in [0.25, 0.3) is 0 Å². The summed E-state index contributed by atoms with van der Waals surface area (Å²) in [7, 11) is -3.69. The molecule has 2 rings (SSSR count). The van der Waals surface area contributed by atoms with Gasteiger partial charge in [-0.3, -0.25) is 0 Å². The molecule has 1 aliphatic rings. The highest BCUT2D eigenvalue weighted by atomic mass is 32.2. The van der Waals surface area contributed by atoms with Crippen molar-refractivity contribution in [1.82, 2.24) is 4.72 Å². The minimum atomic E-state index is -3.69. The lowest BCUT2D eigenvalue weighted by Crippen LogP contribution is -2.53. The molecule has 1 fully saturated rings. The standard InChI is InChI=1S/C15H24N2O3S/c1-11-6-8-15(10-18,9-7-11)17-21(19,20)14-5-3-4-13(16)12(14)2/h3-5,11,17-18H,6-10,16H2,1-2H3. The highest BCUT2D eigenvalue weighted by Crippen LogP contribution is 2.33. The average Bonchev–Trinajstić information content (AvgIpc) is 2.44. The second kappa shape index (κ2) is 5.94. The van der Waals surface area contributed by atoms with Crippen LogP contribution < -0.4 is 10.5 Å². The van der Waals surface area contributed by atoms with Gasteiger partial charge in [0.15, 0.2) is 0 Å². The molecule has 21 heavy (non-hydrogen) atoms. The van der Waals surface area contributed by atoms with Gasteiger partial charge >= 0.3 is 0 Å². The van der Waals surface area contributed by atoms with E-state index >= 15 is 0 Å². The molecule has 0 spiro atoms. The maximum atomic E-state index is 12.6. The van der Waals surface area contributed by atoms with E-state index in [0.717, 1.165) is 12.8 Å². The molecular formula is C15H24N2O3S. The Hall–Kier alpha value is -1.11. The summed E-state index contributed by atoms with van der Waals surface area (Å²) in [6, 6.07) is 4.86. The first-order valence-electron chi connectivity index (χ1n) is 7.30. The third-order valence-electron chi connectivity index (χ3n) is 4.50. The van der Waals surface area contributed by atoms with E-state index in [0.29, 0.717) is 30.0 Å². The number of nitrogens with two attached hydrogens (primary N) is 1. The molecule has 0 aromatic heterocycles. The minimum absolute atomic E-state index is 0.180. The molecule has 0 atom stereocenters. The van der Waals surface area contributed by atoms with Crippen molar-refractivity contribution in [2.75, 3.05) is 12.3 Å². The van der Waals surface area contributed by atoms with Gasteiger partial charge in [-0.05, 0) is 56.2 Å². The second-order valence-corrected chi connectivity index (χ2v) is 7.85. The SMILES string of the molecule is Cc1c(N)cccc1S(=O)(=O)NC1(CO)CCC(C)CC1. The molecule has 0 bridgehead atoms. The van der Waals surface area contributed by atoms with Gasteiger partial charge in [-0.1, -0.05) is 13.0 Å². The van der Waals surface area contributed by atoms with E-state index in [1.165, 1.54) is 0 Å². The Balaban J connectivity index is 2.30. The topological polar surface area (TPSA) is 92.4 Å². The summed E-state index contributed by atoms with van der Waals surface area (Å²) in [6.07, 6.45) is 3.15. The van der Waals surface area contributed by atoms with Crippen molar-refractivity contribution in [3.8, 4) is 0 Å². The lowest BCUT2D eigenvalue weighted by atomic mass is 9.78. The van der Waals surface area contributed by atoms with Crippen molar-refractivity contribution in [2.24, 2.45) is 5.92 Å². The first kappa shape index (κ1) is 16.3. The van der Waals surface area contributed by atoms with Crippen LogP contribution in [0.3, 0.4) is 0 Å². The summed E-state index contributed by atoms with van der Waals surface area (Å²) >= 11 is 0. The number of anilines is 1. The zero-order valence-corrected chi connectivity index (χ0v) is 13.4. The van der Waals surface area contributed by atoms with Gasteiger partial charge in [0.05, 0.1) is 17.0 Å². The molecule has 1 aliphatic carbocycles. The largest absolute Gasteiger partial charge is 0.398 e. The average molecular weight is 312 g/mol. The smallest absolute Gasteiger partial charge is 0.241 e. The molecule has 0 amide bonds. The summed E-state index contributed by atoms with van der Waals surface area (Å²) in [6.45, 7) is 3.66.